The number of benzene rings is 1. The lowest BCUT2D eigenvalue weighted by Gasteiger charge is -2.42. The Morgan fingerprint density at radius 2 is 2.07 bits per heavy atom. The Kier molecular flexibility index (Phi) is 6.90. The van der Waals surface area contributed by atoms with Crippen LogP contribution < -0.4 is 5.73 Å². The minimum atomic E-state index is 0.334. The van der Waals surface area contributed by atoms with Gasteiger partial charge in [0.1, 0.15) is 5.82 Å². The van der Waals surface area contributed by atoms with E-state index < -0.39 is 0 Å². The van der Waals surface area contributed by atoms with E-state index in [2.05, 4.69) is 21.6 Å². The molecule has 3 rings (SSSR count). The van der Waals surface area contributed by atoms with Gasteiger partial charge in [-0.3, -0.25) is 4.99 Å². The Bertz CT molecular complexity index is 754. The molecular formula is C20H26Cl2N4S. The van der Waals surface area contributed by atoms with Crippen LogP contribution >= 0.6 is 35.0 Å². The topological polar surface area (TPSA) is 54.0 Å². The molecule has 2 N–H and O–H groups in total. The van der Waals surface area contributed by atoms with Gasteiger partial charge in [0, 0.05) is 24.0 Å². The van der Waals surface area contributed by atoms with E-state index in [1.54, 1.807) is 12.3 Å². The molecule has 0 aromatic heterocycles. The van der Waals surface area contributed by atoms with Gasteiger partial charge in [0.25, 0.3) is 0 Å². The largest absolute Gasteiger partial charge is 0.355 e. The molecule has 0 amide bonds. The zero-order valence-corrected chi connectivity index (χ0v) is 18.0. The van der Waals surface area contributed by atoms with Crippen molar-refractivity contribution in [1.82, 2.24) is 4.90 Å². The first-order valence-corrected chi connectivity index (χ1v) is 10.9. The number of aliphatic imine (C=N–C) groups is 2. The maximum atomic E-state index is 6.38. The second-order valence-corrected chi connectivity index (χ2v) is 9.32. The molecule has 27 heavy (non-hydrogen) atoms. The van der Waals surface area contributed by atoms with Gasteiger partial charge in [-0.05, 0) is 56.9 Å². The van der Waals surface area contributed by atoms with Gasteiger partial charge in [-0.1, -0.05) is 47.5 Å². The van der Waals surface area contributed by atoms with Crippen LogP contribution in [0.1, 0.15) is 39.0 Å². The fraction of sp³-hybridized carbons (Fsp3) is 0.500. The number of hydrogen-bond donors (Lipinski definition) is 1. The van der Waals surface area contributed by atoms with Gasteiger partial charge < -0.3 is 10.6 Å². The van der Waals surface area contributed by atoms with Crippen molar-refractivity contribution in [1.29, 1.82) is 0 Å². The first-order valence-electron chi connectivity index (χ1n) is 9.29. The fourth-order valence-electron chi connectivity index (χ4n) is 4.09. The average molecular weight is 425 g/mol. The van der Waals surface area contributed by atoms with E-state index in [0.29, 0.717) is 21.5 Å². The van der Waals surface area contributed by atoms with Gasteiger partial charge in [-0.25, -0.2) is 4.99 Å². The molecule has 4 nitrogen and oxygen atoms in total. The summed E-state index contributed by atoms with van der Waals surface area (Å²) in [4.78, 5) is 11.9. The predicted molar refractivity (Wildman–Crippen MR) is 118 cm³/mol. The van der Waals surface area contributed by atoms with Crippen LogP contribution in [0.2, 0.25) is 10.0 Å². The van der Waals surface area contributed by atoms with Gasteiger partial charge in [-0.15, -0.1) is 0 Å². The monoisotopic (exact) mass is 424 g/mol. The number of hydrogen-bond acceptors (Lipinski definition) is 5. The summed E-state index contributed by atoms with van der Waals surface area (Å²) in [6.07, 6.45) is 7.72. The first-order chi connectivity index (χ1) is 12.9. The van der Waals surface area contributed by atoms with Crippen LogP contribution in [-0.4, -0.2) is 35.8 Å². The van der Waals surface area contributed by atoms with Crippen LogP contribution in [0.25, 0.3) is 0 Å². The third-order valence-corrected chi connectivity index (χ3v) is 7.65. The summed E-state index contributed by atoms with van der Waals surface area (Å²) in [5, 5.41) is 1.97. The molecule has 0 unspecified atom stereocenters. The first kappa shape index (κ1) is 20.7. The lowest BCUT2D eigenvalue weighted by molar-refractivity contribution is 0.115. The van der Waals surface area contributed by atoms with E-state index in [1.165, 1.54) is 24.6 Å². The Labute approximate surface area is 175 Å². The lowest BCUT2D eigenvalue weighted by atomic mass is 9.74. The summed E-state index contributed by atoms with van der Waals surface area (Å²) in [6.45, 7) is 7.59. The Hall–Kier alpha value is -1.01. The molecular weight excluding hydrogens is 399 g/mol. The van der Waals surface area contributed by atoms with E-state index in [9.17, 15) is 0 Å². The zero-order valence-electron chi connectivity index (χ0n) is 15.6. The molecule has 1 aliphatic carbocycles. The molecule has 1 atom stereocenters. The molecule has 7 heteroatoms. The van der Waals surface area contributed by atoms with Gasteiger partial charge >= 0.3 is 0 Å². The van der Waals surface area contributed by atoms with Crippen molar-refractivity contribution in [3.8, 4) is 0 Å². The normalized spacial score (nSPS) is 23.1. The third kappa shape index (κ3) is 4.70. The number of likely N-dealkylation sites (tertiary alicyclic amines) is 1. The van der Waals surface area contributed by atoms with Crippen LogP contribution in [-0.2, 0) is 0 Å². The summed E-state index contributed by atoms with van der Waals surface area (Å²) in [5.74, 6) is 0.813. The molecule has 1 aromatic rings. The minimum Gasteiger partial charge on any atom is -0.355 e. The Balaban J connectivity index is 1.65. The van der Waals surface area contributed by atoms with Crippen LogP contribution in [0.4, 0.5) is 0 Å². The van der Waals surface area contributed by atoms with E-state index in [4.69, 9.17) is 28.9 Å². The van der Waals surface area contributed by atoms with Crippen molar-refractivity contribution in [3.63, 3.8) is 0 Å². The van der Waals surface area contributed by atoms with Crippen molar-refractivity contribution in [2.24, 2.45) is 21.1 Å². The summed E-state index contributed by atoms with van der Waals surface area (Å²) in [6, 6.07) is 5.94. The van der Waals surface area contributed by atoms with Crippen molar-refractivity contribution in [3.05, 3.63) is 40.3 Å². The maximum absolute atomic E-state index is 6.38. The maximum Gasteiger partial charge on any atom is 0.146 e. The second kappa shape index (κ2) is 8.99. The molecule has 1 aromatic carbocycles. The average Bonchev–Trinajstić information content (AvgIpc) is 3.01. The number of halogens is 2. The van der Waals surface area contributed by atoms with E-state index in [1.807, 2.05) is 19.1 Å². The molecule has 1 saturated heterocycles. The summed E-state index contributed by atoms with van der Waals surface area (Å²) >= 11 is 13.8. The molecule has 1 aliphatic heterocycles. The lowest BCUT2D eigenvalue weighted by Crippen LogP contribution is -2.46. The third-order valence-electron chi connectivity index (χ3n) is 5.76. The number of nitrogens with zero attached hydrogens (tertiary/aromatic N) is 3. The van der Waals surface area contributed by atoms with Gasteiger partial charge in [0.05, 0.1) is 21.3 Å². The molecule has 2 aliphatic rings. The van der Waals surface area contributed by atoms with Crippen LogP contribution in [0, 0.1) is 5.41 Å². The minimum absolute atomic E-state index is 0.334. The second-order valence-electron chi connectivity index (χ2n) is 7.30. The van der Waals surface area contributed by atoms with Crippen molar-refractivity contribution in [2.45, 2.75) is 50.0 Å². The molecule has 1 saturated carbocycles. The number of thioether (sulfide) groups is 1. The van der Waals surface area contributed by atoms with E-state index in [-0.39, 0.29) is 0 Å². The van der Waals surface area contributed by atoms with Crippen LogP contribution in [0.5, 0.6) is 0 Å². The smallest absolute Gasteiger partial charge is 0.146 e. The van der Waals surface area contributed by atoms with Gasteiger partial charge in [0.15, 0.2) is 0 Å². The zero-order chi connectivity index (χ0) is 19.4. The molecule has 1 heterocycles. The van der Waals surface area contributed by atoms with Gasteiger partial charge in [-0.2, -0.15) is 0 Å². The van der Waals surface area contributed by atoms with E-state index in [0.717, 1.165) is 48.1 Å². The molecule has 146 valence electrons. The molecule has 1 spiro atoms. The Morgan fingerprint density at radius 1 is 1.33 bits per heavy atom. The van der Waals surface area contributed by atoms with Crippen LogP contribution in [0.15, 0.2) is 45.1 Å². The summed E-state index contributed by atoms with van der Waals surface area (Å²) in [7, 11) is 0. The highest BCUT2D eigenvalue weighted by atomic mass is 35.5. The number of piperidine rings is 1. The van der Waals surface area contributed by atoms with Gasteiger partial charge in [0.2, 0.25) is 0 Å². The molecule has 2 fully saturated rings. The fourth-order valence-corrected chi connectivity index (χ4v) is 5.33. The summed E-state index contributed by atoms with van der Waals surface area (Å²) in [5.41, 5.74) is 6.71. The van der Waals surface area contributed by atoms with E-state index >= 15 is 0 Å². The molecule has 0 bridgehead atoms. The number of rotatable bonds is 4. The van der Waals surface area contributed by atoms with Crippen molar-refractivity contribution in [2.75, 3.05) is 13.1 Å². The summed E-state index contributed by atoms with van der Waals surface area (Å²) < 4.78 is 0. The quantitative estimate of drug-likeness (QED) is 0.388. The SMILES string of the molecule is C=N/C(=C\N=C(/C)Sc1cccc(Cl)c1Cl)N1CCC2(CCC[C@H]2N)CC1. The number of nitrogens with two attached hydrogens (primary N) is 1. The predicted octanol–water partition coefficient (Wildman–Crippen LogP) is 5.60. The standard InChI is InChI=1S/C20H26Cl2N4S/c1-14(27-16-6-3-5-15(21)19(16)22)25-13-18(24-2)26-11-9-20(10-12-26)8-4-7-17(20)23/h3,5-6,13,17H,2,4,7-12,23H2,1H3/b18-13+,25-14+/t17-/m1/s1. The highest BCUT2D eigenvalue weighted by molar-refractivity contribution is 8.14. The molecule has 0 radical (unpaired) electrons. The van der Waals surface area contributed by atoms with Crippen molar-refractivity contribution < 1.29 is 0 Å². The highest BCUT2D eigenvalue weighted by Crippen LogP contribution is 2.45. The van der Waals surface area contributed by atoms with Crippen molar-refractivity contribution >= 4 is 46.7 Å². The van der Waals surface area contributed by atoms with Crippen LogP contribution in [0.3, 0.4) is 0 Å². The highest BCUT2D eigenvalue weighted by Gasteiger charge is 2.43. The Morgan fingerprint density at radius 3 is 2.70 bits per heavy atom.